The molecule has 2 heterocycles. The molecule has 5 heteroatoms. The second-order valence-corrected chi connectivity index (χ2v) is 5.68. The van der Waals surface area contributed by atoms with Crippen molar-refractivity contribution >= 4 is 22.6 Å². The highest BCUT2D eigenvalue weighted by atomic mass is 127. The smallest absolute Gasteiger partial charge is 0.181 e. The lowest BCUT2D eigenvalue weighted by atomic mass is 10.2. The first-order valence-electron chi connectivity index (χ1n) is 6.08. The van der Waals surface area contributed by atoms with Crippen molar-refractivity contribution in [2.24, 2.45) is 0 Å². The van der Waals surface area contributed by atoms with Gasteiger partial charge in [-0.1, -0.05) is 12.1 Å². The lowest BCUT2D eigenvalue weighted by Gasteiger charge is -2.07. The third-order valence-corrected chi connectivity index (χ3v) is 3.70. The fourth-order valence-electron chi connectivity index (χ4n) is 2.14. The van der Waals surface area contributed by atoms with E-state index in [1.54, 1.807) is 6.33 Å². The minimum atomic E-state index is 0.301. The van der Waals surface area contributed by atoms with Crippen LogP contribution >= 0.6 is 22.6 Å². The molecule has 1 atom stereocenters. The molecule has 1 fully saturated rings. The molecule has 0 radical (unpaired) electrons. The monoisotopic (exact) mass is 355 g/mol. The average molecular weight is 355 g/mol. The van der Waals surface area contributed by atoms with E-state index in [9.17, 15) is 0 Å². The van der Waals surface area contributed by atoms with Gasteiger partial charge in [-0.2, -0.15) is 5.10 Å². The molecule has 0 N–H and O–H groups in total. The van der Waals surface area contributed by atoms with Crippen molar-refractivity contribution in [2.45, 2.75) is 25.5 Å². The third kappa shape index (κ3) is 2.72. The normalized spacial score (nSPS) is 19.3. The second-order valence-electron chi connectivity index (χ2n) is 4.44. The Kier molecular flexibility index (Phi) is 3.60. The maximum Gasteiger partial charge on any atom is 0.181 e. The number of halogens is 1. The van der Waals surface area contributed by atoms with E-state index in [4.69, 9.17) is 4.74 Å². The Balaban J connectivity index is 1.76. The van der Waals surface area contributed by atoms with Gasteiger partial charge < -0.3 is 4.74 Å². The van der Waals surface area contributed by atoms with Crippen LogP contribution in [0.2, 0.25) is 0 Å². The fourth-order valence-corrected chi connectivity index (χ4v) is 2.68. The van der Waals surface area contributed by atoms with Gasteiger partial charge in [-0.25, -0.2) is 9.67 Å². The molecule has 4 nitrogen and oxygen atoms in total. The molecule has 3 rings (SSSR count). The molecule has 0 bridgehead atoms. The van der Waals surface area contributed by atoms with Gasteiger partial charge in [0.2, 0.25) is 0 Å². The summed E-state index contributed by atoms with van der Waals surface area (Å²) in [6.07, 6.45) is 4.37. The standard InChI is InChI=1S/C13H14IN3O/c14-11-4-1-3-10(7-11)13-15-9-17(16-13)8-12-5-2-6-18-12/h1,3-4,7,9,12H,2,5-6,8H2. The number of benzene rings is 1. The van der Waals surface area contributed by atoms with E-state index in [1.807, 2.05) is 16.8 Å². The summed E-state index contributed by atoms with van der Waals surface area (Å²) in [4.78, 5) is 4.36. The predicted molar refractivity (Wildman–Crippen MR) is 77.1 cm³/mol. The van der Waals surface area contributed by atoms with Gasteiger partial charge in [-0.05, 0) is 47.6 Å². The van der Waals surface area contributed by atoms with Crippen molar-refractivity contribution in [3.05, 3.63) is 34.2 Å². The molecule has 0 spiro atoms. The van der Waals surface area contributed by atoms with Gasteiger partial charge in [0.05, 0.1) is 12.6 Å². The van der Waals surface area contributed by atoms with Crippen LogP contribution in [0.4, 0.5) is 0 Å². The predicted octanol–water partition coefficient (Wildman–Crippen LogP) is 2.73. The lowest BCUT2D eigenvalue weighted by Crippen LogP contribution is -2.15. The van der Waals surface area contributed by atoms with Gasteiger partial charge in [0, 0.05) is 15.7 Å². The molecular weight excluding hydrogens is 341 g/mol. The summed E-state index contributed by atoms with van der Waals surface area (Å²) < 4.78 is 8.68. The maximum absolute atomic E-state index is 5.60. The summed E-state index contributed by atoms with van der Waals surface area (Å²) in [5.41, 5.74) is 1.06. The van der Waals surface area contributed by atoms with Crippen molar-refractivity contribution in [1.29, 1.82) is 0 Å². The molecule has 1 saturated heterocycles. The summed E-state index contributed by atoms with van der Waals surface area (Å²) in [6, 6.07) is 8.21. The Hall–Kier alpha value is -0.950. The number of nitrogens with zero attached hydrogens (tertiary/aromatic N) is 3. The van der Waals surface area contributed by atoms with E-state index < -0.39 is 0 Å². The van der Waals surface area contributed by atoms with Gasteiger partial charge in [0.25, 0.3) is 0 Å². The molecule has 0 aliphatic carbocycles. The Labute approximate surface area is 120 Å². The summed E-state index contributed by atoms with van der Waals surface area (Å²) in [5.74, 6) is 0.784. The highest BCUT2D eigenvalue weighted by Gasteiger charge is 2.16. The fraction of sp³-hybridized carbons (Fsp3) is 0.385. The SMILES string of the molecule is Ic1cccc(-c2ncn(CC3CCCO3)n2)c1. The summed E-state index contributed by atoms with van der Waals surface area (Å²) >= 11 is 2.30. The largest absolute Gasteiger partial charge is 0.376 e. The van der Waals surface area contributed by atoms with Gasteiger partial charge in [0.15, 0.2) is 5.82 Å². The molecular formula is C13H14IN3O. The van der Waals surface area contributed by atoms with Gasteiger partial charge in [-0.3, -0.25) is 0 Å². The van der Waals surface area contributed by atoms with Crippen LogP contribution in [0.1, 0.15) is 12.8 Å². The average Bonchev–Trinajstić information content (AvgIpc) is 3.01. The molecule has 1 aromatic heterocycles. The first-order valence-corrected chi connectivity index (χ1v) is 7.16. The summed E-state index contributed by atoms with van der Waals surface area (Å²) in [6.45, 7) is 1.68. The van der Waals surface area contributed by atoms with E-state index in [2.05, 4.69) is 44.8 Å². The zero-order chi connectivity index (χ0) is 12.4. The summed E-state index contributed by atoms with van der Waals surface area (Å²) in [5, 5.41) is 4.51. The minimum Gasteiger partial charge on any atom is -0.376 e. The topological polar surface area (TPSA) is 39.9 Å². The Bertz CT molecular complexity index is 535. The van der Waals surface area contributed by atoms with Gasteiger partial charge in [-0.15, -0.1) is 0 Å². The van der Waals surface area contributed by atoms with Gasteiger partial charge in [0.1, 0.15) is 6.33 Å². The van der Waals surface area contributed by atoms with Gasteiger partial charge >= 0.3 is 0 Å². The third-order valence-electron chi connectivity index (χ3n) is 3.03. The maximum atomic E-state index is 5.60. The number of aromatic nitrogens is 3. The summed E-state index contributed by atoms with van der Waals surface area (Å²) in [7, 11) is 0. The van der Waals surface area contributed by atoms with Crippen molar-refractivity contribution in [3.8, 4) is 11.4 Å². The first kappa shape index (κ1) is 12.1. The first-order chi connectivity index (χ1) is 8.81. The molecule has 18 heavy (non-hydrogen) atoms. The van der Waals surface area contributed by atoms with E-state index in [0.29, 0.717) is 6.10 Å². The van der Waals surface area contributed by atoms with Crippen molar-refractivity contribution < 1.29 is 4.74 Å². The van der Waals surface area contributed by atoms with Crippen molar-refractivity contribution in [3.63, 3.8) is 0 Å². The molecule has 2 aromatic rings. The van der Waals surface area contributed by atoms with Crippen molar-refractivity contribution in [2.75, 3.05) is 6.61 Å². The molecule has 0 amide bonds. The van der Waals surface area contributed by atoms with Crippen LogP contribution in [-0.2, 0) is 11.3 Å². The quantitative estimate of drug-likeness (QED) is 0.795. The van der Waals surface area contributed by atoms with E-state index in [-0.39, 0.29) is 0 Å². The molecule has 1 aromatic carbocycles. The Morgan fingerprint density at radius 3 is 3.17 bits per heavy atom. The Morgan fingerprint density at radius 1 is 1.44 bits per heavy atom. The molecule has 1 aliphatic rings. The van der Waals surface area contributed by atoms with E-state index in [1.165, 1.54) is 3.57 Å². The zero-order valence-corrected chi connectivity index (χ0v) is 12.1. The zero-order valence-electron chi connectivity index (χ0n) is 9.92. The van der Waals surface area contributed by atoms with Crippen LogP contribution in [0.5, 0.6) is 0 Å². The van der Waals surface area contributed by atoms with Crippen molar-refractivity contribution in [1.82, 2.24) is 14.8 Å². The number of ether oxygens (including phenoxy) is 1. The van der Waals surface area contributed by atoms with Crippen LogP contribution in [-0.4, -0.2) is 27.5 Å². The minimum absolute atomic E-state index is 0.301. The van der Waals surface area contributed by atoms with Crippen LogP contribution in [0.15, 0.2) is 30.6 Å². The van der Waals surface area contributed by atoms with E-state index in [0.717, 1.165) is 37.4 Å². The second kappa shape index (κ2) is 5.36. The van der Waals surface area contributed by atoms with Crippen LogP contribution in [0.25, 0.3) is 11.4 Å². The van der Waals surface area contributed by atoms with Crippen LogP contribution in [0.3, 0.4) is 0 Å². The highest BCUT2D eigenvalue weighted by Crippen LogP contribution is 2.18. The lowest BCUT2D eigenvalue weighted by molar-refractivity contribution is 0.0939. The van der Waals surface area contributed by atoms with E-state index >= 15 is 0 Å². The number of hydrogen-bond acceptors (Lipinski definition) is 3. The number of rotatable bonds is 3. The highest BCUT2D eigenvalue weighted by molar-refractivity contribution is 14.1. The molecule has 0 saturated carbocycles. The number of hydrogen-bond donors (Lipinski definition) is 0. The van der Waals surface area contributed by atoms with Crippen LogP contribution in [0, 0.1) is 3.57 Å². The Morgan fingerprint density at radius 2 is 2.39 bits per heavy atom. The molecule has 94 valence electrons. The molecule has 1 aliphatic heterocycles. The van der Waals surface area contributed by atoms with Crippen LogP contribution < -0.4 is 0 Å². The molecule has 1 unspecified atom stereocenters.